The number of aliphatic hydroxyl groups is 1. The minimum atomic E-state index is -0.647. The monoisotopic (exact) mass is 318 g/mol. The minimum Gasteiger partial charge on any atom is -0.393 e. The number of fused-ring (bicyclic) bond motifs is 3. The molecule has 0 spiro atoms. The Morgan fingerprint density at radius 3 is 2.70 bits per heavy atom. The fraction of sp³-hybridized carbons (Fsp3) is 0.467. The van der Waals surface area contributed by atoms with Crippen LogP contribution in [0.4, 0.5) is 10.7 Å². The maximum atomic E-state index is 12.8. The number of hydrogen-bond donors (Lipinski definition) is 1. The summed E-state index contributed by atoms with van der Waals surface area (Å²) >= 11 is 0. The number of amides is 3. The molecule has 1 aromatic heterocycles. The molecule has 1 atom stereocenters. The molecule has 1 N–H and O–H groups in total. The van der Waals surface area contributed by atoms with E-state index in [0.717, 1.165) is 11.4 Å². The van der Waals surface area contributed by atoms with Gasteiger partial charge in [-0.2, -0.15) is 0 Å². The lowest BCUT2D eigenvalue weighted by atomic mass is 10.1. The van der Waals surface area contributed by atoms with Gasteiger partial charge in [-0.15, -0.1) is 6.58 Å². The molecule has 3 rings (SSSR count). The highest BCUT2D eigenvalue weighted by atomic mass is 16.3. The maximum Gasteiger partial charge on any atom is 0.402 e. The number of nitrogens with zero attached hydrogens (tertiary/aromatic N) is 5. The zero-order chi connectivity index (χ0) is 16.9. The summed E-state index contributed by atoms with van der Waals surface area (Å²) in [4.78, 5) is 32.3. The van der Waals surface area contributed by atoms with E-state index in [9.17, 15) is 14.7 Å². The third-order valence-electron chi connectivity index (χ3n) is 4.46. The maximum absolute atomic E-state index is 12.8. The third kappa shape index (κ3) is 1.94. The van der Waals surface area contributed by atoms with Crippen molar-refractivity contribution in [2.24, 2.45) is 4.99 Å². The summed E-state index contributed by atoms with van der Waals surface area (Å²) in [5.74, 6) is 0.701. The Morgan fingerprint density at radius 2 is 2.09 bits per heavy atom. The van der Waals surface area contributed by atoms with Crippen LogP contribution in [0.15, 0.2) is 17.6 Å². The van der Waals surface area contributed by atoms with E-state index in [1.165, 1.54) is 15.9 Å². The quantitative estimate of drug-likeness (QED) is 0.629. The van der Waals surface area contributed by atoms with Crippen LogP contribution in [-0.2, 0) is 11.3 Å². The summed E-state index contributed by atoms with van der Waals surface area (Å²) < 4.78 is 3.70. The van der Waals surface area contributed by atoms with Gasteiger partial charge >= 0.3 is 12.0 Å². The number of aromatic nitrogens is 2. The number of rotatable bonds is 4. The number of likely N-dealkylation sites (N-methyl/N-ethyl adjacent to an activating group) is 1. The van der Waals surface area contributed by atoms with E-state index in [1.807, 2.05) is 23.0 Å². The van der Waals surface area contributed by atoms with Gasteiger partial charge in [-0.25, -0.2) is 13.9 Å². The Labute approximate surface area is 133 Å². The molecule has 8 nitrogen and oxygen atoms in total. The Hall–Kier alpha value is -2.48. The lowest BCUT2D eigenvalue weighted by Gasteiger charge is -2.32. The van der Waals surface area contributed by atoms with Crippen molar-refractivity contribution in [1.82, 2.24) is 14.4 Å². The molecule has 1 unspecified atom stereocenters. The second-order valence-electron chi connectivity index (χ2n) is 5.67. The third-order valence-corrected chi connectivity index (χ3v) is 4.46. The highest BCUT2D eigenvalue weighted by Gasteiger charge is 2.53. The number of amidine groups is 1. The van der Waals surface area contributed by atoms with Gasteiger partial charge in [0.1, 0.15) is 11.4 Å². The van der Waals surface area contributed by atoms with Crippen molar-refractivity contribution in [3.05, 3.63) is 24.0 Å². The Balaban J connectivity index is 2.16. The molecular weight excluding hydrogens is 298 g/mol. The number of imidazole rings is 1. The van der Waals surface area contributed by atoms with Crippen LogP contribution in [0.5, 0.6) is 0 Å². The van der Waals surface area contributed by atoms with Crippen molar-refractivity contribution in [1.29, 1.82) is 0 Å². The first kappa shape index (κ1) is 15.4. The summed E-state index contributed by atoms with van der Waals surface area (Å²) in [6.45, 7) is 7.97. The van der Waals surface area contributed by atoms with Gasteiger partial charge in [0, 0.05) is 13.6 Å². The molecule has 1 fully saturated rings. The first-order valence-electron chi connectivity index (χ1n) is 7.44. The van der Waals surface area contributed by atoms with Gasteiger partial charge in [0.25, 0.3) is 5.91 Å². The van der Waals surface area contributed by atoms with Crippen LogP contribution >= 0.6 is 0 Å². The predicted molar refractivity (Wildman–Crippen MR) is 82.4 cm³/mol. The van der Waals surface area contributed by atoms with Crippen molar-refractivity contribution < 1.29 is 19.3 Å². The SMILES string of the molecule is C=CCN1C(=O)C2C(=Nc3n2c(C)c(C)[n+]3CCO)N(C)C1=O. The summed E-state index contributed by atoms with van der Waals surface area (Å²) in [6.07, 6.45) is 1.53. The molecule has 0 bridgehead atoms. The molecule has 2 aliphatic rings. The van der Waals surface area contributed by atoms with Crippen molar-refractivity contribution in [3.8, 4) is 0 Å². The molecule has 0 saturated carbocycles. The summed E-state index contributed by atoms with van der Waals surface area (Å²) in [5.41, 5.74) is 1.84. The van der Waals surface area contributed by atoms with Gasteiger partial charge in [0.05, 0.1) is 13.2 Å². The largest absolute Gasteiger partial charge is 0.402 e. The van der Waals surface area contributed by atoms with Gasteiger partial charge < -0.3 is 5.11 Å². The van der Waals surface area contributed by atoms with Crippen molar-refractivity contribution >= 4 is 23.7 Å². The van der Waals surface area contributed by atoms with Gasteiger partial charge in [-0.3, -0.25) is 14.6 Å². The first-order chi connectivity index (χ1) is 10.9. The zero-order valence-electron chi connectivity index (χ0n) is 13.5. The molecule has 23 heavy (non-hydrogen) atoms. The second kappa shape index (κ2) is 5.31. The standard InChI is InChI=1S/C15H20N5O3/c1-5-6-19-13(22)11-12(17(4)15(19)23)16-14-18(7-8-21)9(2)10(3)20(11)14/h5,11,21H,1,6-8H2,2-4H3/q+1. The van der Waals surface area contributed by atoms with Crippen LogP contribution in [0.3, 0.4) is 0 Å². The van der Waals surface area contributed by atoms with E-state index in [4.69, 9.17) is 0 Å². The molecule has 0 aliphatic carbocycles. The highest BCUT2D eigenvalue weighted by Crippen LogP contribution is 2.34. The number of urea groups is 1. The molecule has 0 radical (unpaired) electrons. The van der Waals surface area contributed by atoms with E-state index in [1.54, 1.807) is 7.05 Å². The van der Waals surface area contributed by atoms with Gasteiger partial charge in [-0.1, -0.05) is 11.1 Å². The topological polar surface area (TPSA) is 82.0 Å². The number of carbonyl (C=O) groups is 2. The summed E-state index contributed by atoms with van der Waals surface area (Å²) in [7, 11) is 1.61. The number of aliphatic hydroxyl groups excluding tert-OH is 1. The Kier molecular flexibility index (Phi) is 3.56. The summed E-state index contributed by atoms with van der Waals surface area (Å²) in [6, 6.07) is -1.05. The highest BCUT2D eigenvalue weighted by molar-refractivity contribution is 6.20. The number of hydrogen-bond acceptors (Lipinski definition) is 4. The van der Waals surface area contributed by atoms with Gasteiger partial charge in [0.2, 0.25) is 11.9 Å². The van der Waals surface area contributed by atoms with Crippen LogP contribution in [0.1, 0.15) is 17.4 Å². The van der Waals surface area contributed by atoms with Crippen LogP contribution in [-0.4, -0.2) is 57.4 Å². The van der Waals surface area contributed by atoms with E-state index >= 15 is 0 Å². The van der Waals surface area contributed by atoms with E-state index < -0.39 is 12.1 Å². The smallest absolute Gasteiger partial charge is 0.393 e. The molecule has 1 aromatic rings. The van der Waals surface area contributed by atoms with E-state index in [2.05, 4.69) is 11.6 Å². The average Bonchev–Trinajstić information content (AvgIpc) is 3.02. The molecule has 1 saturated heterocycles. The first-order valence-corrected chi connectivity index (χ1v) is 7.44. The summed E-state index contributed by atoms with van der Waals surface area (Å²) in [5, 5.41) is 9.27. The molecular formula is C15H20N5O3+. The van der Waals surface area contributed by atoms with Gasteiger partial charge in [-0.05, 0) is 13.8 Å². The lowest BCUT2D eigenvalue weighted by molar-refractivity contribution is -0.690. The number of aliphatic imine (C=N–C) groups is 1. The molecule has 3 amide bonds. The van der Waals surface area contributed by atoms with Crippen LogP contribution < -0.4 is 4.57 Å². The molecule has 8 heteroatoms. The normalized spacial score (nSPS) is 19.8. The molecule has 0 aromatic carbocycles. The van der Waals surface area contributed by atoms with E-state index in [-0.39, 0.29) is 19.1 Å². The average molecular weight is 318 g/mol. The Bertz CT molecular complexity index is 749. The zero-order valence-corrected chi connectivity index (χ0v) is 13.5. The van der Waals surface area contributed by atoms with Gasteiger partial charge in [0.15, 0.2) is 0 Å². The fourth-order valence-corrected chi connectivity index (χ4v) is 3.17. The van der Waals surface area contributed by atoms with Crippen LogP contribution in [0, 0.1) is 13.8 Å². The molecule has 2 aliphatic heterocycles. The molecule has 122 valence electrons. The Morgan fingerprint density at radius 1 is 1.39 bits per heavy atom. The predicted octanol–water partition coefficient (Wildman–Crippen LogP) is 0.0494. The minimum absolute atomic E-state index is 0.0250. The lowest BCUT2D eigenvalue weighted by Crippen LogP contribution is -2.57. The van der Waals surface area contributed by atoms with Crippen molar-refractivity contribution in [2.75, 3.05) is 20.2 Å². The van der Waals surface area contributed by atoms with Crippen LogP contribution in [0.25, 0.3) is 0 Å². The van der Waals surface area contributed by atoms with Crippen LogP contribution in [0.2, 0.25) is 0 Å². The van der Waals surface area contributed by atoms with E-state index in [0.29, 0.717) is 18.3 Å². The number of carbonyl (C=O) groups excluding carboxylic acids is 2. The fourth-order valence-electron chi connectivity index (χ4n) is 3.17. The molecule has 3 heterocycles. The van der Waals surface area contributed by atoms with Crippen molar-refractivity contribution in [2.45, 2.75) is 26.4 Å². The second-order valence-corrected chi connectivity index (χ2v) is 5.67. The number of imide groups is 1. The van der Waals surface area contributed by atoms with Crippen molar-refractivity contribution in [3.63, 3.8) is 0 Å².